The highest BCUT2D eigenvalue weighted by molar-refractivity contribution is 9.10. The van der Waals surface area contributed by atoms with Crippen molar-refractivity contribution >= 4 is 60.9 Å². The summed E-state index contributed by atoms with van der Waals surface area (Å²) in [5.41, 5.74) is 1.30. The predicted molar refractivity (Wildman–Crippen MR) is 111 cm³/mol. The van der Waals surface area contributed by atoms with E-state index in [1.54, 1.807) is 4.90 Å². The van der Waals surface area contributed by atoms with Crippen LogP contribution in [0.2, 0.25) is 0 Å². The first-order chi connectivity index (χ1) is 11.9. The maximum Gasteiger partial charge on any atom is 0.260 e. The van der Waals surface area contributed by atoms with Gasteiger partial charge in [0.1, 0.15) is 5.82 Å². The van der Waals surface area contributed by atoms with E-state index in [4.69, 9.17) is 0 Å². The maximum atomic E-state index is 13.2. The number of thiazole rings is 1. The van der Waals surface area contributed by atoms with Crippen LogP contribution in [0.4, 0.5) is 9.52 Å². The van der Waals surface area contributed by atoms with Gasteiger partial charge in [-0.25, -0.2) is 9.37 Å². The minimum Gasteiger partial charge on any atom is -0.308 e. The Bertz CT molecular complexity index is 901. The van der Waals surface area contributed by atoms with Gasteiger partial charge in [-0.3, -0.25) is 9.69 Å². The molecule has 0 aliphatic rings. The lowest BCUT2D eigenvalue weighted by Gasteiger charge is -2.22. The molecule has 0 bridgehead atoms. The summed E-state index contributed by atoms with van der Waals surface area (Å²) in [7, 11) is 3.91. The summed E-state index contributed by atoms with van der Waals surface area (Å²) in [6, 6.07) is 11.4. The van der Waals surface area contributed by atoms with Crippen molar-refractivity contribution in [3.8, 4) is 0 Å². The van der Waals surface area contributed by atoms with Gasteiger partial charge in [0.25, 0.3) is 5.91 Å². The Kier molecular flexibility index (Phi) is 7.11. The second kappa shape index (κ2) is 8.90. The largest absolute Gasteiger partial charge is 0.308 e. The van der Waals surface area contributed by atoms with Crippen LogP contribution in [0, 0.1) is 5.82 Å². The number of nitrogens with zero attached hydrogens (tertiary/aromatic N) is 3. The van der Waals surface area contributed by atoms with Gasteiger partial charge < -0.3 is 4.90 Å². The summed E-state index contributed by atoms with van der Waals surface area (Å²) < 4.78 is 15.1. The van der Waals surface area contributed by atoms with Gasteiger partial charge in [-0.15, -0.1) is 12.4 Å². The SMILES string of the molecule is CN(C)CCN(C(=O)c1ccc(F)cc1)c1nc2ccc(Br)cc2s1.Cl. The molecule has 0 spiro atoms. The number of benzene rings is 2. The summed E-state index contributed by atoms with van der Waals surface area (Å²) in [5.74, 6) is -0.541. The zero-order valence-corrected chi connectivity index (χ0v) is 17.5. The molecule has 1 heterocycles. The fourth-order valence-corrected chi connectivity index (χ4v) is 3.88. The molecule has 0 radical (unpaired) electrons. The molecule has 3 rings (SSSR count). The van der Waals surface area contributed by atoms with Crippen LogP contribution in [0.25, 0.3) is 10.2 Å². The van der Waals surface area contributed by atoms with E-state index in [0.29, 0.717) is 23.8 Å². The number of hydrogen-bond donors (Lipinski definition) is 0. The number of carbonyl (C=O) groups excluding carboxylic acids is 1. The number of rotatable bonds is 5. The van der Waals surface area contributed by atoms with Gasteiger partial charge in [0.2, 0.25) is 0 Å². The summed E-state index contributed by atoms with van der Waals surface area (Å²) in [5, 5.41) is 0.643. The Morgan fingerprint density at radius 2 is 1.85 bits per heavy atom. The quantitative estimate of drug-likeness (QED) is 0.549. The molecule has 0 N–H and O–H groups in total. The molecule has 2 aromatic carbocycles. The standard InChI is InChI=1S/C18H17BrFN3OS.ClH/c1-22(2)9-10-23(17(24)12-3-6-14(20)7-4-12)18-21-15-8-5-13(19)11-16(15)25-18;/h3-8,11H,9-10H2,1-2H3;1H. The lowest BCUT2D eigenvalue weighted by atomic mass is 10.2. The Balaban J connectivity index is 0.00000243. The normalized spacial score (nSPS) is 10.8. The molecule has 0 saturated heterocycles. The van der Waals surface area contributed by atoms with Crippen LogP contribution in [-0.4, -0.2) is 43.0 Å². The second-order valence-corrected chi connectivity index (χ2v) is 7.80. The molecular formula is C18H18BrClFN3OS. The van der Waals surface area contributed by atoms with Gasteiger partial charge in [-0.2, -0.15) is 0 Å². The Labute approximate surface area is 170 Å². The number of hydrogen-bond acceptors (Lipinski definition) is 4. The molecule has 138 valence electrons. The average molecular weight is 459 g/mol. The van der Waals surface area contributed by atoms with Crippen LogP contribution in [0.15, 0.2) is 46.9 Å². The summed E-state index contributed by atoms with van der Waals surface area (Å²) in [6.07, 6.45) is 0. The van der Waals surface area contributed by atoms with E-state index in [9.17, 15) is 9.18 Å². The van der Waals surface area contributed by atoms with Crippen molar-refractivity contribution in [2.45, 2.75) is 0 Å². The highest BCUT2D eigenvalue weighted by Gasteiger charge is 2.21. The summed E-state index contributed by atoms with van der Waals surface area (Å²) >= 11 is 4.93. The smallest absolute Gasteiger partial charge is 0.260 e. The van der Waals surface area contributed by atoms with Crippen LogP contribution in [0.3, 0.4) is 0 Å². The fraction of sp³-hybridized carbons (Fsp3) is 0.222. The van der Waals surface area contributed by atoms with Crippen molar-refractivity contribution in [2.75, 3.05) is 32.1 Å². The number of anilines is 1. The first kappa shape index (κ1) is 20.8. The number of likely N-dealkylation sites (N-methyl/N-ethyl adjacent to an activating group) is 1. The van der Waals surface area contributed by atoms with Gasteiger partial charge in [0.05, 0.1) is 10.2 Å². The van der Waals surface area contributed by atoms with Crippen molar-refractivity contribution in [1.82, 2.24) is 9.88 Å². The molecule has 1 aromatic heterocycles. The fourth-order valence-electron chi connectivity index (χ4n) is 2.33. The third-order valence-electron chi connectivity index (χ3n) is 3.68. The number of fused-ring (bicyclic) bond motifs is 1. The van der Waals surface area contributed by atoms with Crippen LogP contribution >= 0.6 is 39.7 Å². The van der Waals surface area contributed by atoms with E-state index in [0.717, 1.165) is 14.7 Å². The van der Waals surface area contributed by atoms with Crippen LogP contribution < -0.4 is 4.90 Å². The Hall–Kier alpha value is -1.54. The Morgan fingerprint density at radius 1 is 1.15 bits per heavy atom. The molecule has 0 fully saturated rings. The van der Waals surface area contributed by atoms with Crippen LogP contribution in [-0.2, 0) is 0 Å². The van der Waals surface area contributed by atoms with Gasteiger partial charge >= 0.3 is 0 Å². The monoisotopic (exact) mass is 457 g/mol. The van der Waals surface area contributed by atoms with Crippen molar-refractivity contribution in [2.24, 2.45) is 0 Å². The van der Waals surface area contributed by atoms with Crippen molar-refractivity contribution < 1.29 is 9.18 Å². The van der Waals surface area contributed by atoms with E-state index in [2.05, 4.69) is 20.9 Å². The number of amides is 1. The van der Waals surface area contributed by atoms with E-state index < -0.39 is 0 Å². The van der Waals surface area contributed by atoms with Crippen LogP contribution in [0.5, 0.6) is 0 Å². The molecule has 26 heavy (non-hydrogen) atoms. The molecule has 3 aromatic rings. The maximum absolute atomic E-state index is 13.2. The predicted octanol–water partition coefficient (Wildman–Crippen LogP) is 4.83. The second-order valence-electron chi connectivity index (χ2n) is 5.88. The molecule has 1 amide bonds. The van der Waals surface area contributed by atoms with Crippen molar-refractivity contribution in [3.05, 3.63) is 58.3 Å². The van der Waals surface area contributed by atoms with E-state index >= 15 is 0 Å². The highest BCUT2D eigenvalue weighted by Crippen LogP contribution is 2.31. The highest BCUT2D eigenvalue weighted by atomic mass is 79.9. The molecular weight excluding hydrogens is 441 g/mol. The molecule has 0 saturated carbocycles. The molecule has 0 atom stereocenters. The van der Waals surface area contributed by atoms with Gasteiger partial charge in [0, 0.05) is 23.1 Å². The van der Waals surface area contributed by atoms with Crippen molar-refractivity contribution in [1.29, 1.82) is 0 Å². The van der Waals surface area contributed by atoms with Gasteiger partial charge in [-0.05, 0) is 56.6 Å². The lowest BCUT2D eigenvalue weighted by Crippen LogP contribution is -2.36. The van der Waals surface area contributed by atoms with Gasteiger partial charge in [-0.1, -0.05) is 27.3 Å². The van der Waals surface area contributed by atoms with E-state index in [-0.39, 0.29) is 24.1 Å². The third-order valence-corrected chi connectivity index (χ3v) is 5.21. The topological polar surface area (TPSA) is 36.4 Å². The molecule has 0 unspecified atom stereocenters. The lowest BCUT2D eigenvalue weighted by molar-refractivity contribution is 0.0985. The van der Waals surface area contributed by atoms with Gasteiger partial charge in [0.15, 0.2) is 5.13 Å². The summed E-state index contributed by atoms with van der Waals surface area (Å²) in [6.45, 7) is 1.21. The zero-order chi connectivity index (χ0) is 18.0. The molecule has 8 heteroatoms. The first-order valence-electron chi connectivity index (χ1n) is 7.72. The minimum atomic E-state index is -0.360. The number of aromatic nitrogens is 1. The number of halogens is 3. The van der Waals surface area contributed by atoms with Crippen molar-refractivity contribution in [3.63, 3.8) is 0 Å². The summed E-state index contributed by atoms with van der Waals surface area (Å²) in [4.78, 5) is 21.2. The average Bonchev–Trinajstić information content (AvgIpc) is 2.98. The number of carbonyl (C=O) groups is 1. The van der Waals surface area contributed by atoms with Crippen LogP contribution in [0.1, 0.15) is 10.4 Å². The van der Waals surface area contributed by atoms with E-state index in [1.807, 2.05) is 37.2 Å². The zero-order valence-electron chi connectivity index (χ0n) is 14.3. The molecule has 4 nitrogen and oxygen atoms in total. The minimum absolute atomic E-state index is 0. The molecule has 0 aliphatic heterocycles. The third kappa shape index (κ3) is 4.79. The molecule has 0 aliphatic carbocycles. The first-order valence-corrected chi connectivity index (χ1v) is 9.33. The van der Waals surface area contributed by atoms with E-state index in [1.165, 1.54) is 35.6 Å². The Morgan fingerprint density at radius 3 is 2.50 bits per heavy atom.